The molecule has 0 bridgehead atoms. The summed E-state index contributed by atoms with van der Waals surface area (Å²) >= 11 is 0. The second kappa shape index (κ2) is 18.6. The maximum atomic E-state index is 11.0. The van der Waals surface area contributed by atoms with Gasteiger partial charge in [-0.25, -0.2) is 15.3 Å². The van der Waals surface area contributed by atoms with Crippen molar-refractivity contribution in [3.63, 3.8) is 0 Å². The predicted octanol–water partition coefficient (Wildman–Crippen LogP) is 5.48. The summed E-state index contributed by atoms with van der Waals surface area (Å²) in [6.07, 6.45) is 3.89. The third kappa shape index (κ3) is 10.4. The first-order valence-electron chi connectivity index (χ1n) is 14.6. The van der Waals surface area contributed by atoms with Gasteiger partial charge in [0.1, 0.15) is 0 Å². The Morgan fingerprint density at radius 3 is 1.09 bits per heavy atom. The molecule has 5 rings (SSSR count). The summed E-state index contributed by atoms with van der Waals surface area (Å²) in [4.78, 5) is 0. The van der Waals surface area contributed by atoms with Crippen LogP contribution in [0, 0.1) is 41.5 Å². The van der Waals surface area contributed by atoms with E-state index in [2.05, 4.69) is 68.1 Å². The first-order chi connectivity index (χ1) is 20.0. The fourth-order valence-corrected chi connectivity index (χ4v) is 4.91. The Morgan fingerprint density at radius 1 is 0.568 bits per heavy atom. The van der Waals surface area contributed by atoms with Gasteiger partial charge in [-0.15, -0.1) is 11.5 Å². The fraction of sp³-hybridized carbons (Fsp3) is 0.364. The van der Waals surface area contributed by atoms with E-state index in [9.17, 15) is 10.2 Å². The van der Waals surface area contributed by atoms with E-state index in [1.165, 1.54) is 0 Å². The quantitative estimate of drug-likeness (QED) is 0.210. The first-order valence-corrected chi connectivity index (χ1v) is 14.6. The minimum atomic E-state index is -0.226. The van der Waals surface area contributed by atoms with E-state index in [1.54, 1.807) is 24.3 Å². The van der Waals surface area contributed by atoms with E-state index >= 15 is 0 Å². The van der Waals surface area contributed by atoms with Gasteiger partial charge in [-0.2, -0.15) is 0 Å². The van der Waals surface area contributed by atoms with Gasteiger partial charge in [-0.3, -0.25) is 0 Å². The van der Waals surface area contributed by atoms with Crippen LogP contribution in [0.4, 0.5) is 0 Å². The topological polar surface area (TPSA) is 99.6 Å². The Morgan fingerprint density at radius 2 is 0.864 bits per heavy atom. The van der Waals surface area contributed by atoms with Crippen LogP contribution in [0.15, 0.2) is 66.7 Å². The number of nitrogens with zero attached hydrogens (tertiary/aromatic N) is 6. The molecular formula is C33H43BMoN6O2S-5. The number of hydrogen-bond acceptors (Lipinski definition) is 5. The molecule has 5 aromatic rings. The van der Waals surface area contributed by atoms with Crippen LogP contribution in [0.1, 0.15) is 72.0 Å². The molecule has 0 aliphatic rings. The van der Waals surface area contributed by atoms with E-state index in [4.69, 9.17) is 0 Å². The number of hydrogen-bond donors (Lipinski definition) is 0. The molecule has 0 unspecified atom stereocenters. The first kappa shape index (κ1) is 38.8. The molecule has 8 nitrogen and oxygen atoms in total. The number of para-hydroxylation sites is 2. The molecule has 0 fully saturated rings. The van der Waals surface area contributed by atoms with Gasteiger partial charge < -0.3 is 37.5 Å². The molecule has 3 aromatic heterocycles. The van der Waals surface area contributed by atoms with Gasteiger partial charge in [0.05, 0.1) is 17.1 Å². The maximum Gasteiger partial charge on any atom is 0.261 e. The molecule has 1 radical (unpaired) electrons. The summed E-state index contributed by atoms with van der Waals surface area (Å²) < 4.78 is 5.94. The van der Waals surface area contributed by atoms with Crippen molar-refractivity contribution in [3.05, 3.63) is 112 Å². The van der Waals surface area contributed by atoms with Gasteiger partial charge in [0.25, 0.3) is 7.12 Å². The van der Waals surface area contributed by atoms with E-state index in [0.29, 0.717) is 0 Å². The van der Waals surface area contributed by atoms with Crippen molar-refractivity contribution in [1.29, 1.82) is 0 Å². The van der Waals surface area contributed by atoms with Gasteiger partial charge in [0, 0.05) is 21.1 Å². The summed E-state index contributed by atoms with van der Waals surface area (Å²) in [6, 6.07) is 20.6. The van der Waals surface area contributed by atoms with Crippen LogP contribution < -0.4 is 10.2 Å². The molecule has 2 aromatic carbocycles. The van der Waals surface area contributed by atoms with Crippen LogP contribution in [-0.2, 0) is 47.4 Å². The zero-order chi connectivity index (χ0) is 30.8. The summed E-state index contributed by atoms with van der Waals surface area (Å²) in [7, 11) is -0.226. The molecule has 0 saturated carbocycles. The van der Waals surface area contributed by atoms with Gasteiger partial charge in [0.15, 0.2) is 0 Å². The maximum absolute atomic E-state index is 11.0. The molecule has 44 heavy (non-hydrogen) atoms. The van der Waals surface area contributed by atoms with Gasteiger partial charge in [-0.05, 0) is 89.7 Å². The number of rotatable bonds is 7. The molecule has 0 aliphatic carbocycles. The smallest absolute Gasteiger partial charge is 0.261 e. The van der Waals surface area contributed by atoms with Crippen LogP contribution in [0.25, 0.3) is 0 Å². The average Bonchev–Trinajstić information content (AvgIpc) is 3.58. The predicted molar refractivity (Wildman–Crippen MR) is 174 cm³/mol. The molecular weight excluding hydrogens is 651 g/mol. The fourth-order valence-electron chi connectivity index (χ4n) is 4.91. The van der Waals surface area contributed by atoms with Crippen LogP contribution in [0.3, 0.4) is 0 Å². The number of benzene rings is 2. The largest absolute Gasteiger partial charge is 2.00 e. The van der Waals surface area contributed by atoms with Crippen LogP contribution in [0.2, 0.25) is 0 Å². The van der Waals surface area contributed by atoms with E-state index in [1.807, 2.05) is 58.8 Å². The van der Waals surface area contributed by atoms with E-state index < -0.39 is 0 Å². The SMILES string of the molecule is CCCc1ccccc1[O-].CCCc1ccccc1[O-].Cc1cc(C)n([B-](n2nc(C)cc2C)n2nc(C)cc2C)n1.[Mo].[S-2]. The van der Waals surface area contributed by atoms with Crippen molar-refractivity contribution in [3.8, 4) is 11.5 Å². The molecule has 0 amide bonds. The Balaban J connectivity index is 0.000000369. The molecule has 0 N–H and O–H groups in total. The minimum Gasteiger partial charge on any atom is -2.00 e. The molecule has 237 valence electrons. The second-order valence-electron chi connectivity index (χ2n) is 10.7. The number of aromatic nitrogens is 6. The standard InChI is InChI=1S/C15H21BN6.2C9H12O.Mo.S/c1-10-7-13(4)20(17-10)16(21-14(5)8-11(2)18-21)22-15(6)9-12(3)19-22;2*1-2-5-8-6-3-4-7-9(8)10;;/h7-9H,1-6H3;2*3-4,6-7,10H,2,5H2,1H3;;/q-1;;;;-2/p-2. The molecule has 3 heterocycles. The van der Waals surface area contributed by atoms with Crippen LogP contribution in [-0.4, -0.2) is 36.2 Å². The average molecular weight is 695 g/mol. The monoisotopic (exact) mass is 696 g/mol. The van der Waals surface area contributed by atoms with Gasteiger partial charge >= 0.3 is 0 Å². The summed E-state index contributed by atoms with van der Waals surface area (Å²) in [5.74, 6) is 0.341. The Labute approximate surface area is 284 Å². The Kier molecular flexibility index (Phi) is 16.4. The van der Waals surface area contributed by atoms with Crippen molar-refractivity contribution in [2.75, 3.05) is 0 Å². The van der Waals surface area contributed by atoms with Crippen LogP contribution >= 0.6 is 0 Å². The molecule has 0 atom stereocenters. The van der Waals surface area contributed by atoms with Gasteiger partial charge in [0.2, 0.25) is 0 Å². The zero-order valence-electron chi connectivity index (χ0n) is 27.1. The summed E-state index contributed by atoms with van der Waals surface area (Å²) in [5.41, 5.74) is 8.10. The second-order valence-corrected chi connectivity index (χ2v) is 10.7. The van der Waals surface area contributed by atoms with E-state index in [-0.39, 0.29) is 53.2 Å². The van der Waals surface area contributed by atoms with Crippen molar-refractivity contribution >= 4 is 20.6 Å². The third-order valence-electron chi connectivity index (χ3n) is 6.77. The Hall–Kier alpha value is -3.23. The molecule has 0 aliphatic heterocycles. The summed E-state index contributed by atoms with van der Waals surface area (Å²) in [5, 5.41) is 36.0. The molecule has 11 heteroatoms. The van der Waals surface area contributed by atoms with Crippen molar-refractivity contribution in [1.82, 2.24) is 29.1 Å². The zero-order valence-corrected chi connectivity index (χ0v) is 29.9. The van der Waals surface area contributed by atoms with Crippen LogP contribution in [0.5, 0.6) is 11.5 Å². The van der Waals surface area contributed by atoms with Crippen molar-refractivity contribution in [2.45, 2.75) is 81.1 Å². The molecule has 0 spiro atoms. The molecule has 0 saturated heterocycles. The Bertz CT molecular complexity index is 1420. The number of aryl methyl sites for hydroxylation is 8. The van der Waals surface area contributed by atoms with E-state index in [0.717, 1.165) is 71.0 Å². The summed E-state index contributed by atoms with van der Waals surface area (Å²) in [6.45, 7) is 16.3. The van der Waals surface area contributed by atoms with Crippen molar-refractivity contribution < 1.29 is 31.3 Å². The van der Waals surface area contributed by atoms with Crippen molar-refractivity contribution in [2.24, 2.45) is 0 Å². The normalized spacial score (nSPS) is 10.2. The third-order valence-corrected chi connectivity index (χ3v) is 6.77. The van der Waals surface area contributed by atoms with Gasteiger partial charge in [-0.1, -0.05) is 86.3 Å². The minimum absolute atomic E-state index is 0.